The number of rotatable bonds is 9. The molecule has 0 spiro atoms. The fourth-order valence-corrected chi connectivity index (χ4v) is 2.96. The van der Waals surface area contributed by atoms with Crippen molar-refractivity contribution >= 4 is 11.9 Å². The van der Waals surface area contributed by atoms with Crippen LogP contribution in [-0.2, 0) is 16.0 Å². The summed E-state index contributed by atoms with van der Waals surface area (Å²) in [5, 5.41) is 2.92. The Morgan fingerprint density at radius 2 is 1.66 bits per heavy atom. The van der Waals surface area contributed by atoms with Gasteiger partial charge in [0, 0.05) is 0 Å². The van der Waals surface area contributed by atoms with Crippen LogP contribution in [0.15, 0.2) is 42.5 Å². The second-order valence-electron chi connectivity index (χ2n) is 7.27. The minimum atomic E-state index is -0.471. The monoisotopic (exact) mass is 399 g/mol. The number of benzene rings is 2. The van der Waals surface area contributed by atoms with Gasteiger partial charge in [-0.1, -0.05) is 38.1 Å². The van der Waals surface area contributed by atoms with E-state index in [-0.39, 0.29) is 18.6 Å². The zero-order chi connectivity index (χ0) is 21.4. The lowest BCUT2D eigenvalue weighted by atomic mass is 10.00. The van der Waals surface area contributed by atoms with Crippen molar-refractivity contribution in [3.05, 3.63) is 59.2 Å². The molecule has 1 atom stereocenters. The molecule has 2 aromatic carbocycles. The summed E-state index contributed by atoms with van der Waals surface area (Å²) in [7, 11) is 2.77. The Kier molecular flexibility index (Phi) is 8.07. The molecule has 2 aromatic rings. The third kappa shape index (κ3) is 6.52. The Hall–Kier alpha value is -3.02. The standard InChI is InChI=1S/C23H29NO5/c1-15(2)12-17-6-8-18(9-7-17)16(3)24-22(25)14-29-20-11-10-19(23(26)28-5)13-21(20)27-4/h6-11,13,15-16H,12,14H2,1-5H3,(H,24,25)/t16-/m1/s1. The van der Waals surface area contributed by atoms with Gasteiger partial charge in [-0.25, -0.2) is 4.79 Å². The van der Waals surface area contributed by atoms with E-state index in [0.29, 0.717) is 23.0 Å². The molecule has 0 fully saturated rings. The average molecular weight is 399 g/mol. The molecule has 0 aliphatic carbocycles. The van der Waals surface area contributed by atoms with Crippen molar-refractivity contribution in [2.24, 2.45) is 5.92 Å². The van der Waals surface area contributed by atoms with Crippen molar-refractivity contribution in [2.75, 3.05) is 20.8 Å². The number of carbonyl (C=O) groups excluding carboxylic acids is 2. The van der Waals surface area contributed by atoms with E-state index in [1.807, 2.05) is 19.1 Å². The lowest BCUT2D eigenvalue weighted by molar-refractivity contribution is -0.123. The molecule has 0 unspecified atom stereocenters. The number of hydrogen-bond acceptors (Lipinski definition) is 5. The van der Waals surface area contributed by atoms with Gasteiger partial charge in [0.1, 0.15) is 0 Å². The Labute approximate surface area is 172 Å². The predicted octanol–water partition coefficient (Wildman–Crippen LogP) is 3.94. The van der Waals surface area contributed by atoms with E-state index in [1.54, 1.807) is 12.1 Å². The maximum atomic E-state index is 12.3. The van der Waals surface area contributed by atoms with Gasteiger partial charge in [-0.3, -0.25) is 4.79 Å². The van der Waals surface area contributed by atoms with Crippen LogP contribution in [0.1, 0.15) is 48.3 Å². The molecule has 29 heavy (non-hydrogen) atoms. The minimum absolute atomic E-state index is 0.136. The van der Waals surface area contributed by atoms with E-state index < -0.39 is 5.97 Å². The van der Waals surface area contributed by atoms with Crippen LogP contribution >= 0.6 is 0 Å². The number of hydrogen-bond donors (Lipinski definition) is 1. The van der Waals surface area contributed by atoms with Gasteiger partial charge in [-0.2, -0.15) is 0 Å². The van der Waals surface area contributed by atoms with Crippen LogP contribution < -0.4 is 14.8 Å². The molecule has 0 aromatic heterocycles. The van der Waals surface area contributed by atoms with Crippen molar-refractivity contribution in [3.8, 4) is 11.5 Å². The number of ether oxygens (including phenoxy) is 3. The Morgan fingerprint density at radius 1 is 0.966 bits per heavy atom. The van der Waals surface area contributed by atoms with Gasteiger partial charge in [-0.05, 0) is 48.6 Å². The first-order valence-corrected chi connectivity index (χ1v) is 9.61. The van der Waals surface area contributed by atoms with E-state index >= 15 is 0 Å². The number of carbonyl (C=O) groups is 2. The van der Waals surface area contributed by atoms with Gasteiger partial charge in [0.2, 0.25) is 0 Å². The van der Waals surface area contributed by atoms with E-state index in [4.69, 9.17) is 9.47 Å². The van der Waals surface area contributed by atoms with Crippen molar-refractivity contribution < 1.29 is 23.8 Å². The highest BCUT2D eigenvalue weighted by Crippen LogP contribution is 2.28. The van der Waals surface area contributed by atoms with Crippen LogP contribution in [0.25, 0.3) is 0 Å². The zero-order valence-electron chi connectivity index (χ0n) is 17.7. The third-order valence-electron chi connectivity index (χ3n) is 4.44. The molecule has 156 valence electrons. The van der Waals surface area contributed by atoms with Crippen LogP contribution in [0.3, 0.4) is 0 Å². The quantitative estimate of drug-likeness (QED) is 0.647. The van der Waals surface area contributed by atoms with Gasteiger partial charge in [0.15, 0.2) is 18.1 Å². The summed E-state index contributed by atoms with van der Waals surface area (Å²) < 4.78 is 15.5. The van der Waals surface area contributed by atoms with Gasteiger partial charge in [0.05, 0.1) is 25.8 Å². The molecule has 0 heterocycles. The molecule has 0 saturated heterocycles. The molecule has 0 aliphatic heterocycles. The normalized spacial score (nSPS) is 11.7. The Morgan fingerprint density at radius 3 is 2.24 bits per heavy atom. The van der Waals surface area contributed by atoms with Crippen molar-refractivity contribution in [3.63, 3.8) is 0 Å². The molecule has 6 heteroatoms. The first-order valence-electron chi connectivity index (χ1n) is 9.61. The summed E-state index contributed by atoms with van der Waals surface area (Å²) in [5.41, 5.74) is 2.66. The summed E-state index contributed by atoms with van der Waals surface area (Å²) in [6, 6.07) is 12.8. The van der Waals surface area contributed by atoms with E-state index in [1.165, 1.54) is 25.8 Å². The molecule has 0 bridgehead atoms. The van der Waals surface area contributed by atoms with Gasteiger partial charge >= 0.3 is 5.97 Å². The highest BCUT2D eigenvalue weighted by atomic mass is 16.5. The second-order valence-corrected chi connectivity index (χ2v) is 7.27. The fourth-order valence-electron chi connectivity index (χ4n) is 2.96. The molecule has 0 radical (unpaired) electrons. The van der Waals surface area contributed by atoms with E-state index in [0.717, 1.165) is 12.0 Å². The zero-order valence-corrected chi connectivity index (χ0v) is 17.7. The van der Waals surface area contributed by atoms with Crippen molar-refractivity contribution in [2.45, 2.75) is 33.2 Å². The van der Waals surface area contributed by atoms with E-state index in [9.17, 15) is 9.59 Å². The lowest BCUT2D eigenvalue weighted by Crippen LogP contribution is -2.31. The largest absolute Gasteiger partial charge is 0.493 e. The maximum absolute atomic E-state index is 12.3. The lowest BCUT2D eigenvalue weighted by Gasteiger charge is -2.16. The van der Waals surface area contributed by atoms with Crippen molar-refractivity contribution in [1.82, 2.24) is 5.32 Å². The third-order valence-corrected chi connectivity index (χ3v) is 4.44. The summed E-state index contributed by atoms with van der Waals surface area (Å²) in [5.74, 6) is 0.618. The molecule has 6 nitrogen and oxygen atoms in total. The Balaban J connectivity index is 1.93. The first kappa shape index (κ1) is 22.3. The molecule has 0 saturated carbocycles. The topological polar surface area (TPSA) is 73.9 Å². The highest BCUT2D eigenvalue weighted by molar-refractivity contribution is 5.90. The minimum Gasteiger partial charge on any atom is -0.493 e. The number of amides is 1. The maximum Gasteiger partial charge on any atom is 0.337 e. The van der Waals surface area contributed by atoms with Gasteiger partial charge in [-0.15, -0.1) is 0 Å². The van der Waals surface area contributed by atoms with Crippen LogP contribution in [0.2, 0.25) is 0 Å². The summed E-state index contributed by atoms with van der Waals surface area (Å²) in [6.45, 7) is 6.15. The molecular weight excluding hydrogens is 370 g/mol. The van der Waals surface area contributed by atoms with Crippen LogP contribution in [0.4, 0.5) is 0 Å². The molecular formula is C23H29NO5. The highest BCUT2D eigenvalue weighted by Gasteiger charge is 2.14. The first-order chi connectivity index (χ1) is 13.8. The molecule has 0 aliphatic rings. The molecule has 1 amide bonds. The fraction of sp³-hybridized carbons (Fsp3) is 0.391. The Bertz CT molecular complexity index is 830. The van der Waals surface area contributed by atoms with Crippen molar-refractivity contribution in [1.29, 1.82) is 0 Å². The summed E-state index contributed by atoms with van der Waals surface area (Å²) in [4.78, 5) is 23.9. The van der Waals surface area contributed by atoms with Crippen LogP contribution in [0.5, 0.6) is 11.5 Å². The SMILES string of the molecule is COC(=O)c1ccc(OCC(=O)N[C@H](C)c2ccc(CC(C)C)cc2)c(OC)c1. The number of esters is 1. The van der Waals surface area contributed by atoms with Crippen LogP contribution in [0, 0.1) is 5.92 Å². The average Bonchev–Trinajstić information content (AvgIpc) is 2.71. The van der Waals surface area contributed by atoms with Crippen LogP contribution in [-0.4, -0.2) is 32.7 Å². The van der Waals surface area contributed by atoms with Gasteiger partial charge in [0.25, 0.3) is 5.91 Å². The number of nitrogens with one attached hydrogen (secondary N) is 1. The van der Waals surface area contributed by atoms with E-state index in [2.05, 4.69) is 36.0 Å². The summed E-state index contributed by atoms with van der Waals surface area (Å²) >= 11 is 0. The second kappa shape index (κ2) is 10.5. The molecule has 2 rings (SSSR count). The summed E-state index contributed by atoms with van der Waals surface area (Å²) in [6.07, 6.45) is 1.03. The predicted molar refractivity (Wildman–Crippen MR) is 111 cm³/mol. The number of methoxy groups -OCH3 is 2. The molecule has 1 N–H and O–H groups in total. The van der Waals surface area contributed by atoms with Gasteiger partial charge < -0.3 is 19.5 Å². The smallest absolute Gasteiger partial charge is 0.337 e.